The summed E-state index contributed by atoms with van der Waals surface area (Å²) in [6.07, 6.45) is 1.00. The fraction of sp³-hybridized carbons (Fsp3) is 0.500. The summed E-state index contributed by atoms with van der Waals surface area (Å²) in [5, 5.41) is 0. The van der Waals surface area contributed by atoms with Crippen molar-refractivity contribution < 1.29 is 65.4 Å². The minimum Gasteiger partial charge on any atom is -0.358 e. The zero-order valence-electron chi connectivity index (χ0n) is 6.28. The van der Waals surface area contributed by atoms with Gasteiger partial charge in [0.2, 0.25) is 0 Å². The molecule has 0 rings (SSSR count). The van der Waals surface area contributed by atoms with E-state index in [1.807, 2.05) is 6.92 Å². The molecule has 0 aliphatic carbocycles. The minimum atomic E-state index is 0. The molecule has 0 aromatic rings. The number of hydrogen-bond acceptors (Lipinski definition) is 0. The molecule has 0 bridgehead atoms. The Balaban J connectivity index is -0.00000000567. The van der Waals surface area contributed by atoms with Crippen molar-refractivity contribution in [1.29, 1.82) is 0 Å². The van der Waals surface area contributed by atoms with Gasteiger partial charge in [0, 0.05) is 65.4 Å². The number of hydrogen-bond donors (Lipinski definition) is 0. The molecule has 0 amide bonds. The summed E-state index contributed by atoms with van der Waals surface area (Å²) < 4.78 is 0. The molecule has 0 atom stereocenters. The third-order valence-corrected chi connectivity index (χ3v) is 0. The topological polar surface area (TPSA) is 0 Å². The van der Waals surface area contributed by atoms with E-state index in [1.165, 1.54) is 0 Å². The molecular formula is C6H15Y2-3. The van der Waals surface area contributed by atoms with Crippen molar-refractivity contribution in [1.82, 2.24) is 0 Å². The van der Waals surface area contributed by atoms with Gasteiger partial charge in [0.1, 0.15) is 0 Å². The number of rotatable bonds is 0. The van der Waals surface area contributed by atoms with Gasteiger partial charge in [-0.1, -0.05) is 6.92 Å². The Morgan fingerprint density at radius 1 is 1.12 bits per heavy atom. The van der Waals surface area contributed by atoms with Gasteiger partial charge in [-0.15, -0.1) is 0 Å². The Bertz CT molecular complexity index is 6.49. The van der Waals surface area contributed by atoms with Crippen LogP contribution < -0.4 is 0 Å². The molecule has 0 nitrogen and oxygen atoms in total. The second kappa shape index (κ2) is 60.3. The maximum Gasteiger partial charge on any atom is 0 e. The Kier molecular flexibility index (Phi) is 240. The predicted octanol–water partition coefficient (Wildman–Crippen LogP) is 2.52. The normalized spacial score (nSPS) is 3.00. The monoisotopic (exact) mass is 265 g/mol. The van der Waals surface area contributed by atoms with Crippen molar-refractivity contribution in [2.45, 2.75) is 20.3 Å². The first-order valence-corrected chi connectivity index (χ1v) is 1.91. The van der Waals surface area contributed by atoms with Crippen molar-refractivity contribution in [2.24, 2.45) is 0 Å². The molecule has 0 fully saturated rings. The van der Waals surface area contributed by atoms with E-state index < -0.39 is 0 Å². The zero-order valence-corrected chi connectivity index (χ0v) is 12.0. The van der Waals surface area contributed by atoms with Crippen LogP contribution in [0.2, 0.25) is 0 Å². The summed E-state index contributed by atoms with van der Waals surface area (Å²) in [6, 6.07) is 0. The van der Waals surface area contributed by atoms with E-state index in [2.05, 4.69) is 13.8 Å². The third kappa shape index (κ3) is 87.5. The zero-order chi connectivity index (χ0) is 4.71. The van der Waals surface area contributed by atoms with Gasteiger partial charge in [0.15, 0.2) is 0 Å². The second-order valence-electron chi connectivity index (χ2n) is 0.500. The molecule has 0 aliphatic heterocycles. The molecular weight excluding hydrogens is 250 g/mol. The van der Waals surface area contributed by atoms with E-state index in [-0.39, 0.29) is 72.8 Å². The summed E-state index contributed by atoms with van der Waals surface area (Å²) in [4.78, 5) is 0. The van der Waals surface area contributed by atoms with Crippen LogP contribution in [0, 0.1) is 21.3 Å². The standard InChI is InChI=1S/C3H7.C2H5.CH3.2Y/c1-3-2;1-2;;;/h1,3H2,2H3;1H2,2H3;1H3;;/q3*-1;;. The summed E-state index contributed by atoms with van der Waals surface area (Å²) >= 11 is 0. The van der Waals surface area contributed by atoms with Crippen LogP contribution in [0.25, 0.3) is 0 Å². The van der Waals surface area contributed by atoms with Crippen LogP contribution in [-0.2, 0) is 65.4 Å². The van der Waals surface area contributed by atoms with Crippen molar-refractivity contribution >= 4 is 0 Å². The summed E-state index contributed by atoms with van der Waals surface area (Å²) in [6.45, 7) is 10.5. The Morgan fingerprint density at radius 3 is 1.12 bits per heavy atom. The fourth-order valence-corrected chi connectivity index (χ4v) is 0. The quantitative estimate of drug-likeness (QED) is 0.590. The molecule has 0 saturated carbocycles. The fourth-order valence-electron chi connectivity index (χ4n) is 0. The van der Waals surface area contributed by atoms with Crippen LogP contribution in [0.15, 0.2) is 0 Å². The molecule has 0 heterocycles. The van der Waals surface area contributed by atoms with Gasteiger partial charge in [0.05, 0.1) is 0 Å². The summed E-state index contributed by atoms with van der Waals surface area (Å²) in [7, 11) is 0. The molecule has 0 spiro atoms. The van der Waals surface area contributed by atoms with Gasteiger partial charge < -0.3 is 21.3 Å². The van der Waals surface area contributed by atoms with E-state index in [0.29, 0.717) is 0 Å². The Hall–Kier alpha value is 2.21. The van der Waals surface area contributed by atoms with Gasteiger partial charge in [-0.3, -0.25) is 0 Å². The smallest absolute Gasteiger partial charge is 0 e. The molecule has 0 unspecified atom stereocenters. The van der Waals surface area contributed by atoms with Crippen LogP contribution >= 0.6 is 0 Å². The predicted molar refractivity (Wildman–Crippen MR) is 33.1 cm³/mol. The molecule has 0 saturated heterocycles. The molecule has 48 valence electrons. The Labute approximate surface area is 105 Å². The van der Waals surface area contributed by atoms with Gasteiger partial charge in [-0.2, -0.15) is 13.3 Å². The van der Waals surface area contributed by atoms with Crippen LogP contribution in [0.5, 0.6) is 0 Å². The maximum absolute atomic E-state index is 3.49. The van der Waals surface area contributed by atoms with Crippen LogP contribution in [0.1, 0.15) is 20.3 Å². The first-order valence-electron chi connectivity index (χ1n) is 1.91. The van der Waals surface area contributed by atoms with E-state index in [9.17, 15) is 0 Å². The average molecular weight is 265 g/mol. The minimum absolute atomic E-state index is 0. The molecule has 0 aliphatic rings. The van der Waals surface area contributed by atoms with Crippen molar-refractivity contribution in [3.8, 4) is 0 Å². The van der Waals surface area contributed by atoms with E-state index in [4.69, 9.17) is 0 Å². The largest absolute Gasteiger partial charge is 0.358 e. The van der Waals surface area contributed by atoms with E-state index in [0.717, 1.165) is 6.42 Å². The van der Waals surface area contributed by atoms with Crippen molar-refractivity contribution in [2.75, 3.05) is 0 Å². The van der Waals surface area contributed by atoms with E-state index in [1.54, 1.807) is 6.92 Å². The van der Waals surface area contributed by atoms with Gasteiger partial charge in [-0.25, -0.2) is 0 Å². The summed E-state index contributed by atoms with van der Waals surface area (Å²) in [5.41, 5.74) is 0. The molecule has 0 N–H and O–H groups in total. The SMILES string of the molecule is [CH2-]C.[CH2-]CC.[CH3-].[Y].[Y]. The first-order chi connectivity index (χ1) is 2.41. The van der Waals surface area contributed by atoms with Gasteiger partial charge in [0.25, 0.3) is 0 Å². The maximum atomic E-state index is 3.49. The van der Waals surface area contributed by atoms with Gasteiger partial charge in [-0.05, 0) is 0 Å². The third-order valence-electron chi connectivity index (χ3n) is 0. The van der Waals surface area contributed by atoms with E-state index >= 15 is 0 Å². The van der Waals surface area contributed by atoms with Crippen molar-refractivity contribution in [3.63, 3.8) is 0 Å². The molecule has 0 aromatic heterocycles. The second-order valence-corrected chi connectivity index (χ2v) is 0.500. The molecule has 2 radical (unpaired) electrons. The van der Waals surface area contributed by atoms with Gasteiger partial charge >= 0.3 is 0 Å². The summed E-state index contributed by atoms with van der Waals surface area (Å²) in [5.74, 6) is 0. The molecule has 2 heteroatoms. The van der Waals surface area contributed by atoms with Crippen LogP contribution in [0.4, 0.5) is 0 Å². The van der Waals surface area contributed by atoms with Crippen LogP contribution in [-0.4, -0.2) is 0 Å². The van der Waals surface area contributed by atoms with Crippen molar-refractivity contribution in [3.05, 3.63) is 21.3 Å². The average Bonchev–Trinajstić information content (AvgIpc) is 1.46. The molecule has 8 heavy (non-hydrogen) atoms. The first kappa shape index (κ1) is 31.9. The van der Waals surface area contributed by atoms with Crippen LogP contribution in [0.3, 0.4) is 0 Å². The molecule has 0 aromatic carbocycles. The Morgan fingerprint density at radius 2 is 1.12 bits per heavy atom.